The first kappa shape index (κ1) is 16.0. The number of rotatable bonds is 6. The molecule has 1 N–H and O–H groups in total. The van der Waals surface area contributed by atoms with Crippen LogP contribution >= 0.6 is 0 Å². The molecule has 0 aromatic heterocycles. The molecule has 1 rings (SSSR count). The largest absolute Gasteiger partial charge is 0.416 e. The number of halogens is 3. The van der Waals surface area contributed by atoms with Crippen LogP contribution in [0.15, 0.2) is 18.2 Å². The van der Waals surface area contributed by atoms with Crippen molar-refractivity contribution in [3.63, 3.8) is 0 Å². The lowest BCUT2D eigenvalue weighted by atomic mass is 9.97. The van der Waals surface area contributed by atoms with Gasteiger partial charge >= 0.3 is 6.18 Å². The van der Waals surface area contributed by atoms with Crippen molar-refractivity contribution < 1.29 is 18.3 Å². The molecule has 0 aliphatic heterocycles. The predicted molar refractivity (Wildman–Crippen MR) is 69.9 cm³/mol. The minimum atomic E-state index is -4.32. The third-order valence-electron chi connectivity index (χ3n) is 3.29. The summed E-state index contributed by atoms with van der Waals surface area (Å²) < 4.78 is 37.6. The molecule has 1 unspecified atom stereocenters. The zero-order chi connectivity index (χ0) is 14.5. The molecule has 1 aromatic carbocycles. The van der Waals surface area contributed by atoms with E-state index in [2.05, 4.69) is 6.92 Å². The van der Waals surface area contributed by atoms with Gasteiger partial charge in [0.25, 0.3) is 0 Å². The van der Waals surface area contributed by atoms with Gasteiger partial charge in [0.05, 0.1) is 11.7 Å². The summed E-state index contributed by atoms with van der Waals surface area (Å²) in [5.41, 5.74) is 0.439. The molecule has 0 fully saturated rings. The molecule has 0 aliphatic carbocycles. The van der Waals surface area contributed by atoms with Gasteiger partial charge in [0.15, 0.2) is 0 Å². The van der Waals surface area contributed by atoms with Crippen LogP contribution in [0.3, 0.4) is 0 Å². The molecule has 1 aromatic rings. The molecular formula is C15H21F3O. The fraction of sp³-hybridized carbons (Fsp3) is 0.600. The molecule has 0 bridgehead atoms. The molecule has 1 nitrogen and oxygen atoms in total. The monoisotopic (exact) mass is 274 g/mol. The molecular weight excluding hydrogens is 253 g/mol. The summed E-state index contributed by atoms with van der Waals surface area (Å²) in [6.07, 6.45) is -0.197. The molecule has 0 radical (unpaired) electrons. The first-order valence-electron chi connectivity index (χ1n) is 6.72. The zero-order valence-electron chi connectivity index (χ0n) is 11.4. The Kier molecular flexibility index (Phi) is 5.85. The standard InChI is InChI=1S/C15H21F3O/c1-3-4-5-6-7-14(19)13-9-8-12(10-11(13)2)15(16,17)18/h8-10,14,19H,3-7H2,1-2H3. The van der Waals surface area contributed by atoms with Crippen LogP contribution in [0.5, 0.6) is 0 Å². The fourth-order valence-electron chi connectivity index (χ4n) is 2.15. The van der Waals surface area contributed by atoms with Crippen molar-refractivity contribution in [1.29, 1.82) is 0 Å². The third-order valence-corrected chi connectivity index (χ3v) is 3.29. The quantitative estimate of drug-likeness (QED) is 0.722. The molecule has 108 valence electrons. The minimum Gasteiger partial charge on any atom is -0.388 e. The first-order chi connectivity index (χ1) is 8.86. The van der Waals surface area contributed by atoms with Crippen molar-refractivity contribution in [2.24, 2.45) is 0 Å². The van der Waals surface area contributed by atoms with Crippen molar-refractivity contribution in [2.45, 2.75) is 58.2 Å². The molecule has 0 heterocycles. The average Bonchev–Trinajstić information content (AvgIpc) is 2.33. The summed E-state index contributed by atoms with van der Waals surface area (Å²) in [4.78, 5) is 0. The van der Waals surface area contributed by atoms with Gasteiger partial charge in [-0.05, 0) is 36.6 Å². The van der Waals surface area contributed by atoms with Crippen LogP contribution in [0, 0.1) is 6.92 Å². The molecule has 0 saturated heterocycles. The van der Waals surface area contributed by atoms with Gasteiger partial charge in [-0.3, -0.25) is 0 Å². The Balaban J connectivity index is 2.68. The van der Waals surface area contributed by atoms with Crippen LogP contribution < -0.4 is 0 Å². The van der Waals surface area contributed by atoms with Crippen LogP contribution in [0.1, 0.15) is 61.8 Å². The van der Waals surface area contributed by atoms with E-state index in [9.17, 15) is 18.3 Å². The van der Waals surface area contributed by atoms with Gasteiger partial charge in [0, 0.05) is 0 Å². The summed E-state index contributed by atoms with van der Waals surface area (Å²) in [5.74, 6) is 0. The van der Waals surface area contributed by atoms with Gasteiger partial charge < -0.3 is 5.11 Å². The Morgan fingerprint density at radius 1 is 1.16 bits per heavy atom. The lowest BCUT2D eigenvalue weighted by Crippen LogP contribution is -2.07. The maximum Gasteiger partial charge on any atom is 0.416 e. The van der Waals surface area contributed by atoms with Crippen LogP contribution in [-0.2, 0) is 6.18 Å². The Labute approximate surface area is 112 Å². The third kappa shape index (κ3) is 4.86. The van der Waals surface area contributed by atoms with E-state index in [1.165, 1.54) is 6.07 Å². The molecule has 4 heteroatoms. The molecule has 0 amide bonds. The van der Waals surface area contributed by atoms with Gasteiger partial charge in [-0.1, -0.05) is 38.7 Å². The second kappa shape index (κ2) is 6.94. The van der Waals surface area contributed by atoms with Gasteiger partial charge in [-0.2, -0.15) is 13.2 Å². The highest BCUT2D eigenvalue weighted by molar-refractivity contribution is 5.33. The van der Waals surface area contributed by atoms with Crippen molar-refractivity contribution in [3.8, 4) is 0 Å². The number of hydrogen-bond donors (Lipinski definition) is 1. The summed E-state index contributed by atoms with van der Waals surface area (Å²) >= 11 is 0. The molecule has 0 aliphatic rings. The SMILES string of the molecule is CCCCCCC(O)c1ccc(C(F)(F)F)cc1C. The molecule has 0 saturated carbocycles. The van der Waals surface area contributed by atoms with Crippen molar-refractivity contribution in [2.75, 3.05) is 0 Å². The summed E-state index contributed by atoms with van der Waals surface area (Å²) in [6, 6.07) is 3.53. The number of benzene rings is 1. The maximum absolute atomic E-state index is 12.5. The predicted octanol–water partition coefficient (Wildman–Crippen LogP) is 5.02. The summed E-state index contributed by atoms with van der Waals surface area (Å²) in [7, 11) is 0. The summed E-state index contributed by atoms with van der Waals surface area (Å²) in [5, 5.41) is 10.0. The first-order valence-corrected chi connectivity index (χ1v) is 6.72. The fourth-order valence-corrected chi connectivity index (χ4v) is 2.15. The number of aryl methyl sites for hydroxylation is 1. The van der Waals surface area contributed by atoms with E-state index in [4.69, 9.17) is 0 Å². The molecule has 1 atom stereocenters. The lowest BCUT2D eigenvalue weighted by Gasteiger charge is -2.15. The van der Waals surface area contributed by atoms with Crippen LogP contribution in [0.25, 0.3) is 0 Å². The van der Waals surface area contributed by atoms with Gasteiger partial charge in [0.1, 0.15) is 0 Å². The smallest absolute Gasteiger partial charge is 0.388 e. The van der Waals surface area contributed by atoms with Crippen molar-refractivity contribution >= 4 is 0 Å². The van der Waals surface area contributed by atoms with E-state index >= 15 is 0 Å². The Hall–Kier alpha value is -1.03. The second-order valence-corrected chi connectivity index (χ2v) is 4.93. The van der Waals surface area contributed by atoms with Gasteiger partial charge in [-0.25, -0.2) is 0 Å². The van der Waals surface area contributed by atoms with E-state index in [0.717, 1.165) is 37.8 Å². The zero-order valence-corrected chi connectivity index (χ0v) is 11.4. The Morgan fingerprint density at radius 2 is 1.84 bits per heavy atom. The number of alkyl halides is 3. The van der Waals surface area contributed by atoms with E-state index < -0.39 is 17.8 Å². The van der Waals surface area contributed by atoms with Gasteiger partial charge in [0.2, 0.25) is 0 Å². The topological polar surface area (TPSA) is 20.2 Å². The molecule has 19 heavy (non-hydrogen) atoms. The number of aliphatic hydroxyl groups is 1. The van der Waals surface area contributed by atoms with Crippen LogP contribution in [-0.4, -0.2) is 5.11 Å². The van der Waals surface area contributed by atoms with Gasteiger partial charge in [-0.15, -0.1) is 0 Å². The van der Waals surface area contributed by atoms with Crippen molar-refractivity contribution in [3.05, 3.63) is 34.9 Å². The number of unbranched alkanes of at least 4 members (excludes halogenated alkanes) is 3. The minimum absolute atomic E-state index is 0.498. The number of hydrogen-bond acceptors (Lipinski definition) is 1. The van der Waals surface area contributed by atoms with E-state index in [1.807, 2.05) is 0 Å². The highest BCUT2D eigenvalue weighted by Crippen LogP contribution is 2.32. The lowest BCUT2D eigenvalue weighted by molar-refractivity contribution is -0.137. The average molecular weight is 274 g/mol. The normalized spacial score (nSPS) is 13.6. The second-order valence-electron chi connectivity index (χ2n) is 4.93. The van der Waals surface area contributed by atoms with E-state index in [1.54, 1.807) is 6.92 Å². The Bertz CT molecular complexity index is 399. The highest BCUT2D eigenvalue weighted by atomic mass is 19.4. The summed E-state index contributed by atoms with van der Waals surface area (Å²) in [6.45, 7) is 3.72. The van der Waals surface area contributed by atoms with Crippen molar-refractivity contribution in [1.82, 2.24) is 0 Å². The van der Waals surface area contributed by atoms with E-state index in [-0.39, 0.29) is 0 Å². The Morgan fingerprint density at radius 3 is 2.37 bits per heavy atom. The number of aliphatic hydroxyl groups excluding tert-OH is 1. The molecule has 0 spiro atoms. The van der Waals surface area contributed by atoms with E-state index in [0.29, 0.717) is 17.5 Å². The van der Waals surface area contributed by atoms with Crippen LogP contribution in [0.4, 0.5) is 13.2 Å². The maximum atomic E-state index is 12.5. The highest BCUT2D eigenvalue weighted by Gasteiger charge is 2.30. The van der Waals surface area contributed by atoms with Crippen LogP contribution in [0.2, 0.25) is 0 Å².